The molecule has 0 spiro atoms. The minimum absolute atomic E-state index is 0.333. The van der Waals surface area contributed by atoms with Crippen molar-refractivity contribution in [3.05, 3.63) is 0 Å². The van der Waals surface area contributed by atoms with E-state index in [2.05, 4.69) is 5.32 Å². The molecule has 3 atom stereocenters. The quantitative estimate of drug-likeness (QED) is 0.722. The van der Waals surface area contributed by atoms with Gasteiger partial charge in [-0.15, -0.1) is 0 Å². The van der Waals surface area contributed by atoms with Gasteiger partial charge in [0.1, 0.15) is 11.7 Å². The summed E-state index contributed by atoms with van der Waals surface area (Å²) in [5.41, 5.74) is -0.585. The summed E-state index contributed by atoms with van der Waals surface area (Å²) in [6.07, 6.45) is -0.949. The highest BCUT2D eigenvalue weighted by molar-refractivity contribution is 5.69. The molecule has 1 unspecified atom stereocenters. The number of nitrogens with one attached hydrogen (secondary N) is 1. The number of hydrogen-bond acceptors (Lipinski definition) is 5. The molecule has 6 heteroatoms. The molecule has 0 radical (unpaired) electrons. The molecule has 104 valence electrons. The lowest BCUT2D eigenvalue weighted by Crippen LogP contribution is -2.44. The van der Waals surface area contributed by atoms with Gasteiger partial charge in [-0.05, 0) is 27.2 Å². The molecule has 0 aliphatic heterocycles. The Labute approximate surface area is 107 Å². The maximum atomic E-state index is 11.6. The normalized spacial score (nSPS) is 27.7. The molecule has 1 rings (SSSR count). The minimum Gasteiger partial charge on any atom is -0.460 e. The third-order valence-electron chi connectivity index (χ3n) is 2.50. The average molecular weight is 259 g/mol. The second kappa shape index (κ2) is 5.56. The van der Waals surface area contributed by atoms with E-state index in [1.165, 1.54) is 6.92 Å². The van der Waals surface area contributed by atoms with Gasteiger partial charge in [-0.1, -0.05) is 0 Å². The maximum absolute atomic E-state index is 11.6. The van der Waals surface area contributed by atoms with Gasteiger partial charge in [0.05, 0.1) is 12.1 Å². The molecule has 1 saturated carbocycles. The number of carbonyl (C=O) groups excluding carboxylic acids is 2. The summed E-state index contributed by atoms with van der Waals surface area (Å²) < 4.78 is 10.2. The van der Waals surface area contributed by atoms with Gasteiger partial charge in [0.2, 0.25) is 0 Å². The van der Waals surface area contributed by atoms with Crippen LogP contribution in [0.1, 0.15) is 40.5 Å². The van der Waals surface area contributed by atoms with Crippen LogP contribution in [0.2, 0.25) is 0 Å². The van der Waals surface area contributed by atoms with Gasteiger partial charge < -0.3 is 19.9 Å². The number of ether oxygens (including phenoxy) is 2. The molecule has 1 aliphatic carbocycles. The zero-order chi connectivity index (χ0) is 13.9. The molecule has 1 fully saturated rings. The first-order chi connectivity index (χ1) is 8.17. The molecule has 0 saturated heterocycles. The van der Waals surface area contributed by atoms with Gasteiger partial charge in [0.15, 0.2) is 0 Å². The molecule has 1 aliphatic rings. The van der Waals surface area contributed by atoms with Gasteiger partial charge in [-0.25, -0.2) is 4.79 Å². The van der Waals surface area contributed by atoms with E-state index < -0.39 is 35.9 Å². The summed E-state index contributed by atoms with van der Waals surface area (Å²) in [6, 6.07) is -0.404. The van der Waals surface area contributed by atoms with Crippen molar-refractivity contribution in [1.82, 2.24) is 5.32 Å². The van der Waals surface area contributed by atoms with E-state index in [1.807, 2.05) is 0 Å². The van der Waals surface area contributed by atoms with Crippen molar-refractivity contribution in [3.8, 4) is 0 Å². The lowest BCUT2D eigenvalue weighted by atomic mass is 10.2. The molecule has 0 aromatic carbocycles. The van der Waals surface area contributed by atoms with Gasteiger partial charge in [-0.2, -0.15) is 0 Å². The van der Waals surface area contributed by atoms with Gasteiger partial charge >= 0.3 is 12.1 Å². The van der Waals surface area contributed by atoms with Crippen LogP contribution in [0.3, 0.4) is 0 Å². The highest BCUT2D eigenvalue weighted by Gasteiger charge is 2.37. The Morgan fingerprint density at radius 2 is 1.89 bits per heavy atom. The first-order valence-electron chi connectivity index (χ1n) is 6.02. The highest BCUT2D eigenvalue weighted by atomic mass is 16.6. The topological polar surface area (TPSA) is 84.9 Å². The molecule has 1 amide bonds. The third kappa shape index (κ3) is 4.91. The van der Waals surface area contributed by atoms with Crippen molar-refractivity contribution in [2.75, 3.05) is 0 Å². The fourth-order valence-electron chi connectivity index (χ4n) is 1.93. The van der Waals surface area contributed by atoms with E-state index in [9.17, 15) is 14.7 Å². The average Bonchev–Trinajstić information content (AvgIpc) is 2.41. The molecule has 0 heterocycles. The lowest BCUT2D eigenvalue weighted by molar-refractivity contribution is -0.147. The number of aliphatic hydroxyl groups excluding tert-OH is 1. The molecule has 6 nitrogen and oxygen atoms in total. The van der Waals surface area contributed by atoms with Gasteiger partial charge in [0, 0.05) is 13.3 Å². The molecule has 2 N–H and O–H groups in total. The number of alkyl carbamates (subject to hydrolysis) is 1. The predicted octanol–water partition coefficient (Wildman–Crippen LogP) is 0.966. The van der Waals surface area contributed by atoms with Crippen molar-refractivity contribution >= 4 is 12.1 Å². The summed E-state index contributed by atoms with van der Waals surface area (Å²) in [4.78, 5) is 22.5. The Balaban J connectivity index is 2.53. The fourth-order valence-corrected chi connectivity index (χ4v) is 1.93. The van der Waals surface area contributed by atoms with Crippen molar-refractivity contribution in [2.45, 2.75) is 64.4 Å². The van der Waals surface area contributed by atoms with Crippen LogP contribution in [0.5, 0.6) is 0 Å². The monoisotopic (exact) mass is 259 g/mol. The zero-order valence-electron chi connectivity index (χ0n) is 11.2. The second-order valence-electron chi connectivity index (χ2n) is 5.53. The van der Waals surface area contributed by atoms with Crippen LogP contribution < -0.4 is 5.32 Å². The van der Waals surface area contributed by atoms with Crippen LogP contribution in [0.25, 0.3) is 0 Å². The summed E-state index contributed by atoms with van der Waals surface area (Å²) in [7, 11) is 0. The first kappa shape index (κ1) is 14.8. The molecule has 0 aromatic rings. The number of aliphatic hydroxyl groups is 1. The highest BCUT2D eigenvalue weighted by Crippen LogP contribution is 2.23. The van der Waals surface area contributed by atoms with Crippen LogP contribution in [0, 0.1) is 0 Å². The Morgan fingerprint density at radius 3 is 2.39 bits per heavy atom. The van der Waals surface area contributed by atoms with E-state index in [0.717, 1.165) is 0 Å². The van der Waals surface area contributed by atoms with E-state index >= 15 is 0 Å². The van der Waals surface area contributed by atoms with Gasteiger partial charge in [0.25, 0.3) is 0 Å². The van der Waals surface area contributed by atoms with E-state index in [0.29, 0.717) is 12.8 Å². The van der Waals surface area contributed by atoms with Crippen LogP contribution in [0.15, 0.2) is 0 Å². The number of amides is 1. The van der Waals surface area contributed by atoms with Gasteiger partial charge in [-0.3, -0.25) is 4.79 Å². The van der Waals surface area contributed by atoms with Crippen molar-refractivity contribution < 1.29 is 24.2 Å². The minimum atomic E-state index is -0.585. The largest absolute Gasteiger partial charge is 0.460 e. The molecule has 0 bridgehead atoms. The number of rotatable bonds is 2. The predicted molar refractivity (Wildman–Crippen MR) is 64.0 cm³/mol. The number of carbonyl (C=O) groups is 2. The third-order valence-corrected chi connectivity index (χ3v) is 2.50. The molecular formula is C12H21NO5. The van der Waals surface area contributed by atoms with Crippen molar-refractivity contribution in [2.24, 2.45) is 0 Å². The maximum Gasteiger partial charge on any atom is 0.408 e. The Morgan fingerprint density at radius 1 is 1.28 bits per heavy atom. The molecule has 18 heavy (non-hydrogen) atoms. The summed E-state index contributed by atoms with van der Waals surface area (Å²) >= 11 is 0. The van der Waals surface area contributed by atoms with Crippen LogP contribution in [-0.2, 0) is 14.3 Å². The summed E-state index contributed by atoms with van der Waals surface area (Å²) in [5, 5.41) is 12.2. The Kier molecular flexibility index (Phi) is 4.56. The lowest BCUT2D eigenvalue weighted by Gasteiger charge is -2.24. The van der Waals surface area contributed by atoms with Crippen molar-refractivity contribution in [1.29, 1.82) is 0 Å². The van der Waals surface area contributed by atoms with E-state index in [4.69, 9.17) is 9.47 Å². The second-order valence-corrected chi connectivity index (χ2v) is 5.53. The first-order valence-corrected chi connectivity index (χ1v) is 6.02. The molecule has 0 aromatic heterocycles. The fraction of sp³-hybridized carbons (Fsp3) is 0.833. The summed E-state index contributed by atoms with van der Waals surface area (Å²) in [5.74, 6) is -0.426. The SMILES string of the molecule is CC(=O)OC1C[C@@H](O)C[C@H]1NC(=O)OC(C)(C)C. The number of hydrogen-bond donors (Lipinski definition) is 2. The van der Waals surface area contributed by atoms with E-state index in [-0.39, 0.29) is 0 Å². The van der Waals surface area contributed by atoms with Crippen LogP contribution >= 0.6 is 0 Å². The standard InChI is InChI=1S/C12H21NO5/c1-7(14)17-10-6-8(15)5-9(10)13-11(16)18-12(2,3)4/h8-10,15H,5-6H2,1-4H3,(H,13,16)/t8-,9+,10?/m0/s1. The zero-order valence-corrected chi connectivity index (χ0v) is 11.2. The van der Waals surface area contributed by atoms with Crippen LogP contribution in [0.4, 0.5) is 4.79 Å². The summed E-state index contributed by atoms with van der Waals surface area (Å²) in [6.45, 7) is 6.59. The Hall–Kier alpha value is -1.30. The Bertz CT molecular complexity index is 323. The molecular weight excluding hydrogens is 238 g/mol. The van der Waals surface area contributed by atoms with Crippen molar-refractivity contribution in [3.63, 3.8) is 0 Å². The number of esters is 1. The van der Waals surface area contributed by atoms with Crippen LogP contribution in [-0.4, -0.2) is 41.0 Å². The van der Waals surface area contributed by atoms with E-state index in [1.54, 1.807) is 20.8 Å². The smallest absolute Gasteiger partial charge is 0.408 e.